The van der Waals surface area contributed by atoms with Gasteiger partial charge in [-0.05, 0) is 23.4 Å². The first-order chi connectivity index (χ1) is 11.1. The predicted molar refractivity (Wildman–Crippen MR) is 90.3 cm³/mol. The van der Waals surface area contributed by atoms with Crippen molar-refractivity contribution >= 4 is 11.3 Å². The van der Waals surface area contributed by atoms with E-state index in [1.165, 1.54) is 15.9 Å². The molecule has 5 nitrogen and oxygen atoms in total. The molecule has 0 saturated carbocycles. The first-order valence-corrected chi connectivity index (χ1v) is 8.14. The highest BCUT2D eigenvalue weighted by Gasteiger charge is 2.15. The molecule has 3 aromatic rings. The maximum absolute atomic E-state index is 12.0. The van der Waals surface area contributed by atoms with Gasteiger partial charge in [-0.25, -0.2) is 4.79 Å². The van der Waals surface area contributed by atoms with E-state index in [1.807, 2.05) is 47.8 Å². The van der Waals surface area contributed by atoms with E-state index in [-0.39, 0.29) is 11.4 Å². The third-order valence-corrected chi connectivity index (χ3v) is 4.54. The van der Waals surface area contributed by atoms with Crippen LogP contribution in [0.15, 0.2) is 57.4 Å². The molecule has 0 atom stereocenters. The number of benzene rings is 1. The average molecular weight is 328 g/mol. The number of hydrogen-bond donors (Lipinski definition) is 2. The second kappa shape index (κ2) is 6.66. The number of nitrogens with zero attached hydrogens (tertiary/aromatic N) is 1. The molecule has 0 saturated heterocycles. The third kappa shape index (κ3) is 3.43. The number of aryl methyl sites for hydroxylation is 1. The summed E-state index contributed by atoms with van der Waals surface area (Å²) in [5.41, 5.74) is 0.167. The lowest BCUT2D eigenvalue weighted by molar-refractivity contribution is 0.394. The Morgan fingerprint density at radius 3 is 2.57 bits per heavy atom. The van der Waals surface area contributed by atoms with Gasteiger partial charge >= 0.3 is 5.69 Å². The van der Waals surface area contributed by atoms with Crippen LogP contribution in [0.25, 0.3) is 0 Å². The summed E-state index contributed by atoms with van der Waals surface area (Å²) in [5, 5.41) is 12.3. The molecule has 0 aliphatic heterocycles. The summed E-state index contributed by atoms with van der Waals surface area (Å²) < 4.78 is 1.22. The molecule has 0 radical (unpaired) electrons. The molecular weight excluding hydrogens is 312 g/mol. The molecule has 0 bridgehead atoms. The van der Waals surface area contributed by atoms with Gasteiger partial charge in [-0.3, -0.25) is 14.3 Å². The largest absolute Gasteiger partial charge is 0.494 e. The molecule has 2 heterocycles. The minimum absolute atomic E-state index is 0.222. The van der Waals surface area contributed by atoms with Crippen molar-refractivity contribution in [3.63, 3.8) is 0 Å². The third-order valence-electron chi connectivity index (χ3n) is 3.66. The fraction of sp³-hybridized carbons (Fsp3) is 0.176. The molecule has 118 valence electrons. The Morgan fingerprint density at radius 2 is 1.87 bits per heavy atom. The molecule has 6 heteroatoms. The van der Waals surface area contributed by atoms with E-state index in [9.17, 15) is 14.7 Å². The summed E-state index contributed by atoms with van der Waals surface area (Å²) in [5.74, 6) is -0.247. The Labute approximate surface area is 136 Å². The van der Waals surface area contributed by atoms with Gasteiger partial charge in [-0.2, -0.15) is 0 Å². The molecule has 23 heavy (non-hydrogen) atoms. The van der Waals surface area contributed by atoms with Gasteiger partial charge in [0.05, 0.1) is 5.56 Å². The molecule has 0 unspecified atom stereocenters. The number of rotatable bonds is 5. The monoisotopic (exact) mass is 328 g/mol. The molecule has 0 aliphatic carbocycles. The van der Waals surface area contributed by atoms with Gasteiger partial charge in [-0.15, -0.1) is 11.3 Å². The van der Waals surface area contributed by atoms with Crippen LogP contribution in [0.1, 0.15) is 16.0 Å². The first kappa shape index (κ1) is 15.3. The molecule has 2 N–H and O–H groups in total. The smallest absolute Gasteiger partial charge is 0.331 e. The number of hydrogen-bond acceptors (Lipinski definition) is 4. The Hall–Kier alpha value is -2.60. The molecule has 0 amide bonds. The van der Waals surface area contributed by atoms with Gasteiger partial charge in [0.1, 0.15) is 0 Å². The topological polar surface area (TPSA) is 75.1 Å². The Morgan fingerprint density at radius 1 is 1.09 bits per heavy atom. The Balaban J connectivity index is 1.90. The fourth-order valence-corrected chi connectivity index (χ4v) is 3.16. The van der Waals surface area contributed by atoms with E-state index in [2.05, 4.69) is 4.98 Å². The van der Waals surface area contributed by atoms with Crippen molar-refractivity contribution in [2.75, 3.05) is 0 Å². The van der Waals surface area contributed by atoms with Gasteiger partial charge in [-0.1, -0.05) is 36.4 Å². The van der Waals surface area contributed by atoms with E-state index < -0.39 is 11.2 Å². The number of aromatic hydroxyl groups is 1. The van der Waals surface area contributed by atoms with Gasteiger partial charge in [0, 0.05) is 17.8 Å². The van der Waals surface area contributed by atoms with Gasteiger partial charge in [0.2, 0.25) is 5.88 Å². The molecule has 3 rings (SSSR count). The zero-order chi connectivity index (χ0) is 16.2. The zero-order valence-electron chi connectivity index (χ0n) is 12.4. The molecular formula is C17H16N2O3S. The van der Waals surface area contributed by atoms with E-state index in [1.54, 1.807) is 0 Å². The van der Waals surface area contributed by atoms with Crippen molar-refractivity contribution in [1.29, 1.82) is 0 Å². The van der Waals surface area contributed by atoms with E-state index >= 15 is 0 Å². The summed E-state index contributed by atoms with van der Waals surface area (Å²) in [7, 11) is 0. The van der Waals surface area contributed by atoms with Crippen molar-refractivity contribution in [3.05, 3.63) is 84.7 Å². The number of aromatic nitrogens is 2. The maximum Gasteiger partial charge on any atom is 0.331 e. The van der Waals surface area contributed by atoms with Crippen LogP contribution in [-0.4, -0.2) is 14.7 Å². The number of nitrogens with one attached hydrogen (secondary N) is 1. The highest BCUT2D eigenvalue weighted by Crippen LogP contribution is 2.18. The average Bonchev–Trinajstić information content (AvgIpc) is 3.05. The Kier molecular flexibility index (Phi) is 4.43. The normalized spacial score (nSPS) is 10.8. The fourth-order valence-electron chi connectivity index (χ4n) is 2.44. The molecule has 0 aliphatic rings. The minimum Gasteiger partial charge on any atom is -0.494 e. The summed E-state index contributed by atoms with van der Waals surface area (Å²) in [6.45, 7) is 0.308. The van der Waals surface area contributed by atoms with Crippen molar-refractivity contribution in [2.24, 2.45) is 0 Å². The molecule has 0 spiro atoms. The van der Waals surface area contributed by atoms with Gasteiger partial charge < -0.3 is 5.11 Å². The number of aromatic amines is 1. The van der Waals surface area contributed by atoms with Crippen LogP contribution in [0.3, 0.4) is 0 Å². The highest BCUT2D eigenvalue weighted by atomic mass is 32.1. The van der Waals surface area contributed by atoms with E-state index in [4.69, 9.17) is 0 Å². The van der Waals surface area contributed by atoms with Gasteiger partial charge in [0.15, 0.2) is 0 Å². The van der Waals surface area contributed by atoms with E-state index in [0.29, 0.717) is 19.4 Å². The second-order valence-electron chi connectivity index (χ2n) is 5.20. The van der Waals surface area contributed by atoms with Crippen LogP contribution < -0.4 is 11.2 Å². The second-order valence-corrected chi connectivity index (χ2v) is 6.24. The lowest BCUT2D eigenvalue weighted by Gasteiger charge is -2.11. The first-order valence-electron chi connectivity index (χ1n) is 7.26. The quantitative estimate of drug-likeness (QED) is 0.753. The van der Waals surface area contributed by atoms with Crippen LogP contribution in [0.5, 0.6) is 5.88 Å². The molecule has 2 aromatic heterocycles. The van der Waals surface area contributed by atoms with Gasteiger partial charge in [0.25, 0.3) is 5.56 Å². The minimum atomic E-state index is -0.585. The number of thiophene rings is 1. The maximum atomic E-state index is 12.0. The standard InChI is InChI=1S/C17H16N2O3S/c20-15-14(11-13-7-4-10-23-13)16(21)19(17(22)18-15)9-8-12-5-2-1-3-6-12/h1-7,10,21H,8-9,11H2,(H,18,20,22). The highest BCUT2D eigenvalue weighted by molar-refractivity contribution is 7.09. The van der Waals surface area contributed by atoms with Crippen LogP contribution in [0, 0.1) is 0 Å². The van der Waals surface area contributed by atoms with E-state index in [0.717, 1.165) is 10.4 Å². The number of H-pyrrole nitrogens is 1. The van der Waals surface area contributed by atoms with Crippen molar-refractivity contribution in [3.8, 4) is 5.88 Å². The Bertz CT molecular complexity index is 896. The predicted octanol–water partition coefficient (Wildman–Crippen LogP) is 2.14. The summed E-state index contributed by atoms with van der Waals surface area (Å²) in [6, 6.07) is 13.5. The summed E-state index contributed by atoms with van der Waals surface area (Å²) in [4.78, 5) is 27.2. The van der Waals surface area contributed by atoms with Crippen LogP contribution in [0.4, 0.5) is 0 Å². The molecule has 1 aromatic carbocycles. The lowest BCUT2D eigenvalue weighted by Crippen LogP contribution is -2.32. The lowest BCUT2D eigenvalue weighted by atomic mass is 10.1. The van der Waals surface area contributed by atoms with Crippen molar-refractivity contribution < 1.29 is 5.11 Å². The summed E-state index contributed by atoms with van der Waals surface area (Å²) in [6.07, 6.45) is 0.906. The zero-order valence-corrected chi connectivity index (χ0v) is 13.2. The van der Waals surface area contributed by atoms with Crippen molar-refractivity contribution in [2.45, 2.75) is 19.4 Å². The summed E-state index contributed by atoms with van der Waals surface area (Å²) >= 11 is 1.50. The van der Waals surface area contributed by atoms with Crippen LogP contribution >= 0.6 is 11.3 Å². The van der Waals surface area contributed by atoms with Crippen LogP contribution in [0.2, 0.25) is 0 Å². The van der Waals surface area contributed by atoms with Crippen LogP contribution in [-0.2, 0) is 19.4 Å². The van der Waals surface area contributed by atoms with Crippen molar-refractivity contribution in [1.82, 2.24) is 9.55 Å². The SMILES string of the molecule is O=c1[nH]c(=O)n(CCc2ccccc2)c(O)c1Cc1cccs1. The molecule has 0 fully saturated rings.